The fraction of sp³-hybridized carbons (Fsp3) is 0.421. The number of furan rings is 1. The molecule has 2 aromatic rings. The highest BCUT2D eigenvalue weighted by molar-refractivity contribution is 5.93. The second kappa shape index (κ2) is 6.11. The third-order valence-corrected chi connectivity index (χ3v) is 4.72. The van der Waals surface area contributed by atoms with Gasteiger partial charge in [0.2, 0.25) is 0 Å². The summed E-state index contributed by atoms with van der Waals surface area (Å²) >= 11 is 0. The third-order valence-electron chi connectivity index (χ3n) is 4.72. The first kappa shape index (κ1) is 15.7. The molecule has 0 radical (unpaired) electrons. The second-order valence-corrected chi connectivity index (χ2v) is 6.60. The minimum absolute atomic E-state index is 0.0263. The Hall–Kier alpha value is -2.23. The number of nitrogen functional groups attached to an aromatic ring is 1. The predicted octanol–water partition coefficient (Wildman–Crippen LogP) is 4.24. The fourth-order valence-electron chi connectivity index (χ4n) is 3.45. The topological polar surface area (TPSA) is 59.5 Å². The number of hydrogen-bond donors (Lipinski definition) is 1. The number of nitrogens with two attached hydrogens (primary N) is 1. The van der Waals surface area contributed by atoms with E-state index in [9.17, 15) is 4.79 Å². The highest BCUT2D eigenvalue weighted by Crippen LogP contribution is 2.30. The fourth-order valence-corrected chi connectivity index (χ4v) is 3.45. The Bertz CT molecular complexity index is 710. The van der Waals surface area contributed by atoms with Crippen molar-refractivity contribution in [2.75, 3.05) is 5.73 Å². The van der Waals surface area contributed by atoms with Gasteiger partial charge in [0.15, 0.2) is 5.76 Å². The van der Waals surface area contributed by atoms with Gasteiger partial charge in [0.05, 0.1) is 0 Å². The number of nitrogens with zero attached hydrogens (tertiary/aromatic N) is 1. The van der Waals surface area contributed by atoms with Crippen LogP contribution in [-0.2, 0) is 0 Å². The molecular weight excluding hydrogens is 288 g/mol. The van der Waals surface area contributed by atoms with E-state index in [0.717, 1.165) is 24.0 Å². The smallest absolute Gasteiger partial charge is 0.290 e. The van der Waals surface area contributed by atoms with Crippen LogP contribution >= 0.6 is 0 Å². The van der Waals surface area contributed by atoms with Crippen molar-refractivity contribution in [3.8, 4) is 11.3 Å². The molecular formula is C19H24N2O2. The van der Waals surface area contributed by atoms with E-state index in [4.69, 9.17) is 10.2 Å². The van der Waals surface area contributed by atoms with Crippen LogP contribution in [0.3, 0.4) is 0 Å². The van der Waals surface area contributed by atoms with Crippen molar-refractivity contribution in [2.24, 2.45) is 0 Å². The SMILES string of the molecule is Cc1ccc(-c2ccc(C(=O)N3[C@H](C)CCC[C@H]3C)o2)c(N)c1. The molecule has 0 unspecified atom stereocenters. The summed E-state index contributed by atoms with van der Waals surface area (Å²) in [6, 6.07) is 9.93. The first-order valence-corrected chi connectivity index (χ1v) is 8.26. The van der Waals surface area contributed by atoms with Gasteiger partial charge in [-0.1, -0.05) is 6.07 Å². The summed E-state index contributed by atoms with van der Waals surface area (Å²) < 4.78 is 5.83. The third kappa shape index (κ3) is 2.98. The van der Waals surface area contributed by atoms with Crippen LogP contribution < -0.4 is 5.73 Å². The Morgan fingerprint density at radius 1 is 1.17 bits per heavy atom. The maximum absolute atomic E-state index is 12.8. The zero-order valence-corrected chi connectivity index (χ0v) is 14.0. The first-order valence-electron chi connectivity index (χ1n) is 8.26. The van der Waals surface area contributed by atoms with E-state index in [-0.39, 0.29) is 18.0 Å². The number of hydrogen-bond acceptors (Lipinski definition) is 3. The molecule has 0 aliphatic carbocycles. The highest BCUT2D eigenvalue weighted by Gasteiger charge is 2.31. The number of benzene rings is 1. The van der Waals surface area contributed by atoms with Gasteiger partial charge in [-0.3, -0.25) is 4.79 Å². The van der Waals surface area contributed by atoms with Crippen molar-refractivity contribution in [3.63, 3.8) is 0 Å². The van der Waals surface area contributed by atoms with Crippen LogP contribution in [0.5, 0.6) is 0 Å². The van der Waals surface area contributed by atoms with Gasteiger partial charge in [0.25, 0.3) is 5.91 Å². The molecule has 0 saturated carbocycles. The first-order chi connectivity index (χ1) is 11.0. The maximum atomic E-state index is 12.8. The van der Waals surface area contributed by atoms with Gasteiger partial charge in [-0.05, 0) is 69.9 Å². The number of carbonyl (C=O) groups is 1. The molecule has 2 heterocycles. The summed E-state index contributed by atoms with van der Waals surface area (Å²) in [5.41, 5.74) is 8.67. The zero-order valence-electron chi connectivity index (χ0n) is 14.0. The molecule has 1 aliphatic rings. The van der Waals surface area contributed by atoms with Crippen molar-refractivity contribution >= 4 is 11.6 Å². The predicted molar refractivity (Wildman–Crippen MR) is 92.2 cm³/mol. The minimum Gasteiger partial charge on any atom is -0.451 e. The van der Waals surface area contributed by atoms with Crippen molar-refractivity contribution in [1.29, 1.82) is 0 Å². The van der Waals surface area contributed by atoms with E-state index in [1.54, 1.807) is 6.07 Å². The van der Waals surface area contributed by atoms with Gasteiger partial charge in [-0.15, -0.1) is 0 Å². The number of piperidine rings is 1. The second-order valence-electron chi connectivity index (χ2n) is 6.60. The molecule has 2 atom stereocenters. The molecule has 23 heavy (non-hydrogen) atoms. The molecule has 2 N–H and O–H groups in total. The molecule has 1 saturated heterocycles. The minimum atomic E-state index is -0.0263. The number of rotatable bonds is 2. The van der Waals surface area contributed by atoms with Crippen molar-refractivity contribution in [3.05, 3.63) is 41.7 Å². The number of anilines is 1. The standard InChI is InChI=1S/C19H24N2O2/c1-12-7-8-15(16(20)11-12)17-9-10-18(23-17)19(22)21-13(2)5-4-6-14(21)3/h7-11,13-14H,4-6,20H2,1-3H3/t13-,14-/m1/s1. The Balaban J connectivity index is 1.88. The van der Waals surface area contributed by atoms with E-state index in [0.29, 0.717) is 17.2 Å². The molecule has 1 amide bonds. The summed E-state index contributed by atoms with van der Waals surface area (Å²) in [5.74, 6) is 1.00. The normalized spacial score (nSPS) is 21.4. The summed E-state index contributed by atoms with van der Waals surface area (Å²) in [7, 11) is 0. The van der Waals surface area contributed by atoms with Gasteiger partial charge in [-0.2, -0.15) is 0 Å². The Labute approximate surface area is 137 Å². The Morgan fingerprint density at radius 2 is 1.87 bits per heavy atom. The lowest BCUT2D eigenvalue weighted by molar-refractivity contribution is 0.0479. The van der Waals surface area contributed by atoms with Crippen LogP contribution in [0.2, 0.25) is 0 Å². The van der Waals surface area contributed by atoms with Crippen LogP contribution in [0.1, 0.15) is 49.2 Å². The number of carbonyl (C=O) groups excluding carboxylic acids is 1. The zero-order chi connectivity index (χ0) is 16.6. The Kier molecular flexibility index (Phi) is 4.16. The van der Waals surface area contributed by atoms with Gasteiger partial charge < -0.3 is 15.1 Å². The molecule has 4 heteroatoms. The number of likely N-dealkylation sites (tertiary alicyclic amines) is 1. The van der Waals surface area contributed by atoms with Gasteiger partial charge in [0.1, 0.15) is 5.76 Å². The molecule has 1 aromatic heterocycles. The molecule has 4 nitrogen and oxygen atoms in total. The van der Waals surface area contributed by atoms with Gasteiger partial charge >= 0.3 is 0 Å². The summed E-state index contributed by atoms with van der Waals surface area (Å²) in [5, 5.41) is 0. The van der Waals surface area contributed by atoms with E-state index in [1.807, 2.05) is 36.1 Å². The molecule has 1 fully saturated rings. The van der Waals surface area contributed by atoms with Crippen LogP contribution in [0, 0.1) is 6.92 Å². The average molecular weight is 312 g/mol. The van der Waals surface area contributed by atoms with Crippen molar-refractivity contribution in [2.45, 2.75) is 52.1 Å². The van der Waals surface area contributed by atoms with Crippen LogP contribution in [0.25, 0.3) is 11.3 Å². The number of aryl methyl sites for hydroxylation is 1. The van der Waals surface area contributed by atoms with E-state index >= 15 is 0 Å². The van der Waals surface area contributed by atoms with E-state index < -0.39 is 0 Å². The van der Waals surface area contributed by atoms with E-state index in [2.05, 4.69) is 13.8 Å². The van der Waals surface area contributed by atoms with Crippen LogP contribution in [-0.4, -0.2) is 22.9 Å². The molecule has 3 rings (SSSR count). The number of amides is 1. The lowest BCUT2D eigenvalue weighted by atomic mass is 9.97. The monoisotopic (exact) mass is 312 g/mol. The van der Waals surface area contributed by atoms with E-state index in [1.165, 1.54) is 6.42 Å². The molecule has 0 spiro atoms. The van der Waals surface area contributed by atoms with Gasteiger partial charge in [-0.25, -0.2) is 0 Å². The average Bonchev–Trinajstić information content (AvgIpc) is 2.96. The van der Waals surface area contributed by atoms with Gasteiger partial charge in [0, 0.05) is 23.3 Å². The van der Waals surface area contributed by atoms with Crippen molar-refractivity contribution in [1.82, 2.24) is 4.90 Å². The largest absolute Gasteiger partial charge is 0.451 e. The molecule has 1 aromatic carbocycles. The van der Waals surface area contributed by atoms with Crippen LogP contribution in [0.4, 0.5) is 5.69 Å². The van der Waals surface area contributed by atoms with Crippen LogP contribution in [0.15, 0.2) is 34.7 Å². The Morgan fingerprint density at radius 3 is 2.52 bits per heavy atom. The maximum Gasteiger partial charge on any atom is 0.290 e. The molecule has 1 aliphatic heterocycles. The highest BCUT2D eigenvalue weighted by atomic mass is 16.4. The quantitative estimate of drug-likeness (QED) is 0.844. The molecule has 122 valence electrons. The summed E-state index contributed by atoms with van der Waals surface area (Å²) in [6.45, 7) is 6.21. The van der Waals surface area contributed by atoms with Crippen molar-refractivity contribution < 1.29 is 9.21 Å². The lowest BCUT2D eigenvalue weighted by Gasteiger charge is -2.38. The lowest BCUT2D eigenvalue weighted by Crippen LogP contribution is -2.47. The molecule has 0 bridgehead atoms. The summed E-state index contributed by atoms with van der Waals surface area (Å²) in [4.78, 5) is 14.8. The summed E-state index contributed by atoms with van der Waals surface area (Å²) in [6.07, 6.45) is 3.28.